The maximum absolute atomic E-state index is 12.9. The first-order valence-electron chi connectivity index (χ1n) is 9.46. The van der Waals surface area contributed by atoms with E-state index in [2.05, 4.69) is 5.32 Å². The number of para-hydroxylation sites is 3. The molecule has 7 heteroatoms. The number of nitrogens with one attached hydrogen (secondary N) is 1. The number of benzene rings is 2. The second kappa shape index (κ2) is 8.34. The Morgan fingerprint density at radius 2 is 1.72 bits per heavy atom. The van der Waals surface area contributed by atoms with Crippen LogP contribution in [0.25, 0.3) is 0 Å². The molecule has 1 aliphatic rings. The third kappa shape index (κ3) is 4.23. The van der Waals surface area contributed by atoms with Gasteiger partial charge in [0.15, 0.2) is 12.7 Å². The van der Waals surface area contributed by atoms with Crippen molar-refractivity contribution in [3.63, 3.8) is 0 Å². The Morgan fingerprint density at radius 1 is 1.07 bits per heavy atom. The predicted molar refractivity (Wildman–Crippen MR) is 109 cm³/mol. The highest BCUT2D eigenvalue weighted by Gasteiger charge is 2.43. The summed E-state index contributed by atoms with van der Waals surface area (Å²) in [6, 6.07) is 15.9. The third-order valence-electron chi connectivity index (χ3n) is 4.75. The number of amides is 2. The van der Waals surface area contributed by atoms with Gasteiger partial charge in [0.25, 0.3) is 5.91 Å². The molecule has 1 aliphatic heterocycles. The molecule has 0 saturated carbocycles. The summed E-state index contributed by atoms with van der Waals surface area (Å²) >= 11 is 0. The fourth-order valence-corrected chi connectivity index (χ4v) is 3.15. The van der Waals surface area contributed by atoms with Crippen molar-refractivity contribution in [3.05, 3.63) is 54.6 Å². The van der Waals surface area contributed by atoms with Gasteiger partial charge in [-0.25, -0.2) is 4.79 Å². The average Bonchev–Trinajstić information content (AvgIpc) is 2.71. The van der Waals surface area contributed by atoms with Crippen molar-refractivity contribution in [3.8, 4) is 5.75 Å². The first-order valence-corrected chi connectivity index (χ1v) is 9.46. The lowest BCUT2D eigenvalue weighted by molar-refractivity contribution is -0.155. The van der Waals surface area contributed by atoms with Crippen LogP contribution >= 0.6 is 0 Å². The number of nitrogens with zero attached hydrogens (tertiary/aromatic N) is 1. The Balaban J connectivity index is 1.70. The van der Waals surface area contributed by atoms with E-state index in [1.807, 2.05) is 6.07 Å². The van der Waals surface area contributed by atoms with Crippen LogP contribution in [-0.2, 0) is 19.1 Å². The second-order valence-electron chi connectivity index (χ2n) is 7.19. The molecule has 0 radical (unpaired) electrons. The van der Waals surface area contributed by atoms with Gasteiger partial charge >= 0.3 is 5.97 Å². The molecule has 29 heavy (non-hydrogen) atoms. The zero-order valence-corrected chi connectivity index (χ0v) is 16.7. The molecule has 7 nitrogen and oxygen atoms in total. The Kier molecular flexibility index (Phi) is 5.87. The number of ether oxygens (including phenoxy) is 2. The van der Waals surface area contributed by atoms with Crippen molar-refractivity contribution in [1.29, 1.82) is 0 Å². The van der Waals surface area contributed by atoms with Crippen LogP contribution in [0.15, 0.2) is 54.6 Å². The summed E-state index contributed by atoms with van der Waals surface area (Å²) in [5.74, 6) is -0.877. The van der Waals surface area contributed by atoms with Crippen molar-refractivity contribution in [2.75, 3.05) is 16.8 Å². The fourth-order valence-electron chi connectivity index (χ4n) is 3.15. The minimum Gasteiger partial charge on any atom is -0.479 e. The van der Waals surface area contributed by atoms with Gasteiger partial charge in [-0.2, -0.15) is 0 Å². The van der Waals surface area contributed by atoms with E-state index in [0.29, 0.717) is 23.5 Å². The number of rotatable bonds is 6. The molecule has 0 aromatic heterocycles. The summed E-state index contributed by atoms with van der Waals surface area (Å²) in [5, 5.41) is 2.79. The van der Waals surface area contributed by atoms with Gasteiger partial charge in [0.1, 0.15) is 11.3 Å². The van der Waals surface area contributed by atoms with Crippen LogP contribution in [0.2, 0.25) is 0 Å². The van der Waals surface area contributed by atoms with Crippen LogP contribution in [0.1, 0.15) is 27.2 Å². The zero-order chi connectivity index (χ0) is 21.0. The smallest absolute Gasteiger partial charge is 0.347 e. The monoisotopic (exact) mass is 396 g/mol. The summed E-state index contributed by atoms with van der Waals surface area (Å²) in [4.78, 5) is 39.2. The number of fused-ring (bicyclic) bond motifs is 1. The van der Waals surface area contributed by atoms with Gasteiger partial charge in [-0.3, -0.25) is 14.5 Å². The lowest BCUT2D eigenvalue weighted by Gasteiger charge is -2.41. The predicted octanol–water partition coefficient (Wildman–Crippen LogP) is 3.15. The number of hydrogen-bond acceptors (Lipinski definition) is 5. The molecule has 0 fully saturated rings. The molecule has 0 unspecified atom stereocenters. The van der Waals surface area contributed by atoms with Crippen molar-refractivity contribution >= 4 is 29.2 Å². The standard InChI is InChI=1S/C22H24N2O5/c1-4-18(29-15-10-6-5-7-11-15)20(26)28-14-19(25)24-17-13-9-8-12-16(17)23-21(27)22(24,2)3/h5-13,18H,4,14H2,1-3H3,(H,23,27)/t18-/m1/s1. The Hall–Kier alpha value is -3.35. The maximum atomic E-state index is 12.9. The molecule has 2 aromatic rings. The van der Waals surface area contributed by atoms with E-state index in [1.54, 1.807) is 69.3 Å². The second-order valence-corrected chi connectivity index (χ2v) is 7.19. The number of hydrogen-bond donors (Lipinski definition) is 1. The molecule has 2 aromatic carbocycles. The van der Waals surface area contributed by atoms with Crippen molar-refractivity contribution in [2.24, 2.45) is 0 Å². The Morgan fingerprint density at radius 3 is 2.41 bits per heavy atom. The molecule has 0 bridgehead atoms. The first kappa shape index (κ1) is 20.4. The van der Waals surface area contributed by atoms with Crippen molar-refractivity contribution < 1.29 is 23.9 Å². The van der Waals surface area contributed by atoms with Gasteiger partial charge in [0.2, 0.25) is 5.91 Å². The molecule has 1 heterocycles. The van der Waals surface area contributed by atoms with Gasteiger partial charge in [0, 0.05) is 0 Å². The largest absolute Gasteiger partial charge is 0.479 e. The molecule has 3 rings (SSSR count). The molecule has 1 atom stereocenters. The van der Waals surface area contributed by atoms with Crippen LogP contribution in [0.5, 0.6) is 5.75 Å². The van der Waals surface area contributed by atoms with Crippen molar-refractivity contribution in [1.82, 2.24) is 0 Å². The first-order chi connectivity index (χ1) is 13.8. The Bertz CT molecular complexity index is 910. The minimum absolute atomic E-state index is 0.310. The van der Waals surface area contributed by atoms with Crippen LogP contribution < -0.4 is 15.0 Å². The van der Waals surface area contributed by atoms with Crippen LogP contribution in [0.3, 0.4) is 0 Å². The van der Waals surface area contributed by atoms with E-state index in [1.165, 1.54) is 4.90 Å². The summed E-state index contributed by atoms with van der Waals surface area (Å²) in [5.41, 5.74) is -0.0243. The average molecular weight is 396 g/mol. The van der Waals surface area contributed by atoms with Crippen LogP contribution in [0.4, 0.5) is 11.4 Å². The molecule has 2 amide bonds. The summed E-state index contributed by atoms with van der Waals surface area (Å²) < 4.78 is 10.9. The van der Waals surface area contributed by atoms with Crippen LogP contribution in [0, 0.1) is 0 Å². The summed E-state index contributed by atoms with van der Waals surface area (Å²) in [6.07, 6.45) is -0.433. The van der Waals surface area contributed by atoms with Gasteiger partial charge in [0.05, 0.1) is 11.4 Å². The molecule has 0 aliphatic carbocycles. The molecular weight excluding hydrogens is 372 g/mol. The lowest BCUT2D eigenvalue weighted by atomic mass is 9.96. The molecule has 0 saturated heterocycles. The van der Waals surface area contributed by atoms with Crippen molar-refractivity contribution in [2.45, 2.75) is 38.8 Å². The molecule has 0 spiro atoms. The van der Waals surface area contributed by atoms with E-state index in [4.69, 9.17) is 9.47 Å². The zero-order valence-electron chi connectivity index (χ0n) is 16.7. The van der Waals surface area contributed by atoms with Crippen LogP contribution in [-0.4, -0.2) is 36.0 Å². The normalized spacial score (nSPS) is 15.7. The summed E-state index contributed by atoms with van der Waals surface area (Å²) in [6.45, 7) is 4.60. The Labute approximate surface area is 169 Å². The van der Waals surface area contributed by atoms with E-state index in [9.17, 15) is 14.4 Å². The van der Waals surface area contributed by atoms with Gasteiger partial charge < -0.3 is 14.8 Å². The van der Waals surface area contributed by atoms with Gasteiger partial charge in [-0.1, -0.05) is 37.3 Å². The highest BCUT2D eigenvalue weighted by Crippen LogP contribution is 2.36. The topological polar surface area (TPSA) is 84.9 Å². The number of carbonyl (C=O) groups is 3. The van der Waals surface area contributed by atoms with E-state index >= 15 is 0 Å². The molecule has 1 N–H and O–H groups in total. The number of carbonyl (C=O) groups excluding carboxylic acids is 3. The van der Waals surface area contributed by atoms with E-state index in [-0.39, 0.29) is 5.91 Å². The third-order valence-corrected chi connectivity index (χ3v) is 4.75. The summed E-state index contributed by atoms with van der Waals surface area (Å²) in [7, 11) is 0. The quantitative estimate of drug-likeness (QED) is 0.758. The minimum atomic E-state index is -1.12. The SMILES string of the molecule is CC[C@@H](Oc1ccccc1)C(=O)OCC(=O)N1c2ccccc2NC(=O)C1(C)C. The highest BCUT2D eigenvalue weighted by atomic mass is 16.6. The van der Waals surface area contributed by atoms with E-state index in [0.717, 1.165) is 0 Å². The molecule has 152 valence electrons. The fraction of sp³-hybridized carbons (Fsp3) is 0.318. The van der Waals surface area contributed by atoms with Gasteiger partial charge in [-0.15, -0.1) is 0 Å². The number of anilines is 2. The van der Waals surface area contributed by atoms with E-state index < -0.39 is 30.1 Å². The van der Waals surface area contributed by atoms with Gasteiger partial charge in [-0.05, 0) is 44.5 Å². The lowest BCUT2D eigenvalue weighted by Crippen LogP contribution is -2.59. The highest BCUT2D eigenvalue weighted by molar-refractivity contribution is 6.14. The number of esters is 1. The maximum Gasteiger partial charge on any atom is 0.347 e. The molecular formula is C22H24N2O5.